The highest BCUT2D eigenvalue weighted by Crippen LogP contribution is 2.60. The maximum atomic E-state index is 12.9. The second-order valence-corrected chi connectivity index (χ2v) is 9.75. The summed E-state index contributed by atoms with van der Waals surface area (Å²) in [7, 11) is 0. The molecule has 0 radical (unpaired) electrons. The van der Waals surface area contributed by atoms with Gasteiger partial charge in [0, 0.05) is 0 Å². The van der Waals surface area contributed by atoms with Crippen LogP contribution >= 0.6 is 0 Å². The van der Waals surface area contributed by atoms with Gasteiger partial charge < -0.3 is 4.74 Å². The van der Waals surface area contributed by atoms with E-state index in [1.807, 2.05) is 13.8 Å². The van der Waals surface area contributed by atoms with Crippen LogP contribution in [-0.2, 0) is 9.53 Å². The zero-order chi connectivity index (χ0) is 15.6. The van der Waals surface area contributed by atoms with E-state index < -0.39 is 5.41 Å². The van der Waals surface area contributed by atoms with Crippen molar-refractivity contribution in [3.8, 4) is 0 Å². The van der Waals surface area contributed by atoms with E-state index in [2.05, 4.69) is 27.7 Å². The van der Waals surface area contributed by atoms with Gasteiger partial charge >= 0.3 is 5.97 Å². The lowest BCUT2D eigenvalue weighted by atomic mass is 9.50. The lowest BCUT2D eigenvalue weighted by molar-refractivity contribution is -0.215. The Balaban J connectivity index is 1.80. The minimum atomic E-state index is -0.440. The molecule has 0 aromatic heterocycles. The standard InChI is InChI=1S/C19H32O2/c1-17(2,3)18(4,5)16(20)21-19(6)14-8-12-7-13(10-14)11-15(19)9-12/h12-15H,7-11H2,1-6H3. The Morgan fingerprint density at radius 2 is 1.33 bits per heavy atom. The van der Waals surface area contributed by atoms with Gasteiger partial charge in [0.1, 0.15) is 5.60 Å². The van der Waals surface area contributed by atoms with Crippen LogP contribution in [0.2, 0.25) is 0 Å². The van der Waals surface area contributed by atoms with Crippen LogP contribution < -0.4 is 0 Å². The zero-order valence-corrected chi connectivity index (χ0v) is 14.7. The predicted molar refractivity (Wildman–Crippen MR) is 84.8 cm³/mol. The summed E-state index contributed by atoms with van der Waals surface area (Å²) < 4.78 is 6.27. The second kappa shape index (κ2) is 4.49. The first-order valence-corrected chi connectivity index (χ1v) is 8.77. The Labute approximate surface area is 130 Å². The first-order chi connectivity index (χ1) is 9.54. The molecule has 0 aliphatic heterocycles. The van der Waals surface area contributed by atoms with E-state index in [1.165, 1.54) is 32.1 Å². The summed E-state index contributed by atoms with van der Waals surface area (Å²) in [6.07, 6.45) is 6.57. The molecule has 120 valence electrons. The van der Waals surface area contributed by atoms with Gasteiger partial charge in [-0.1, -0.05) is 20.8 Å². The normalized spacial score (nSPS) is 42.2. The van der Waals surface area contributed by atoms with Crippen LogP contribution in [0.15, 0.2) is 0 Å². The Bertz CT molecular complexity index is 413. The van der Waals surface area contributed by atoms with E-state index in [4.69, 9.17) is 4.74 Å². The topological polar surface area (TPSA) is 26.3 Å². The van der Waals surface area contributed by atoms with Crippen LogP contribution in [0.25, 0.3) is 0 Å². The van der Waals surface area contributed by atoms with E-state index >= 15 is 0 Å². The zero-order valence-electron chi connectivity index (χ0n) is 14.7. The largest absolute Gasteiger partial charge is 0.458 e. The molecule has 4 aliphatic rings. The minimum Gasteiger partial charge on any atom is -0.458 e. The van der Waals surface area contributed by atoms with Crippen LogP contribution in [0.3, 0.4) is 0 Å². The quantitative estimate of drug-likeness (QED) is 0.682. The van der Waals surface area contributed by atoms with Crippen LogP contribution in [0.1, 0.15) is 73.6 Å². The molecule has 4 fully saturated rings. The number of carbonyl (C=O) groups excluding carboxylic acids is 1. The number of hydrogen-bond acceptors (Lipinski definition) is 2. The first kappa shape index (κ1) is 15.4. The van der Waals surface area contributed by atoms with Crippen molar-refractivity contribution in [3.63, 3.8) is 0 Å². The molecule has 0 spiro atoms. The average molecular weight is 292 g/mol. The number of hydrogen-bond donors (Lipinski definition) is 0. The van der Waals surface area contributed by atoms with Crippen LogP contribution in [-0.4, -0.2) is 11.6 Å². The van der Waals surface area contributed by atoms with Gasteiger partial charge in [0.15, 0.2) is 0 Å². The van der Waals surface area contributed by atoms with E-state index in [9.17, 15) is 4.79 Å². The maximum Gasteiger partial charge on any atom is 0.312 e. The van der Waals surface area contributed by atoms with Crippen molar-refractivity contribution < 1.29 is 9.53 Å². The van der Waals surface area contributed by atoms with Gasteiger partial charge in [0.25, 0.3) is 0 Å². The molecule has 0 saturated heterocycles. The fourth-order valence-electron chi connectivity index (χ4n) is 4.92. The van der Waals surface area contributed by atoms with Crippen molar-refractivity contribution in [2.24, 2.45) is 34.5 Å². The summed E-state index contributed by atoms with van der Waals surface area (Å²) >= 11 is 0. The van der Waals surface area contributed by atoms with Gasteiger partial charge in [0.2, 0.25) is 0 Å². The van der Waals surface area contributed by atoms with Crippen LogP contribution in [0.4, 0.5) is 0 Å². The van der Waals surface area contributed by atoms with Crippen molar-refractivity contribution in [3.05, 3.63) is 0 Å². The van der Waals surface area contributed by atoms with E-state index in [1.54, 1.807) is 0 Å². The summed E-state index contributed by atoms with van der Waals surface area (Å²) in [5.41, 5.74) is -0.718. The van der Waals surface area contributed by atoms with Gasteiger partial charge in [-0.15, -0.1) is 0 Å². The maximum absolute atomic E-state index is 12.9. The number of rotatable bonds is 2. The van der Waals surface area contributed by atoms with Gasteiger partial charge in [-0.2, -0.15) is 0 Å². The summed E-state index contributed by atoms with van der Waals surface area (Å²) in [4.78, 5) is 12.9. The Kier molecular flexibility index (Phi) is 3.28. The highest BCUT2D eigenvalue weighted by Gasteiger charge is 2.58. The molecule has 4 rings (SSSR count). The van der Waals surface area contributed by atoms with Crippen molar-refractivity contribution in [2.75, 3.05) is 0 Å². The monoisotopic (exact) mass is 292 g/mol. The smallest absolute Gasteiger partial charge is 0.312 e. The molecular weight excluding hydrogens is 260 g/mol. The van der Waals surface area contributed by atoms with Crippen molar-refractivity contribution in [1.29, 1.82) is 0 Å². The fourth-order valence-corrected chi connectivity index (χ4v) is 4.92. The highest BCUT2D eigenvalue weighted by atomic mass is 16.6. The molecule has 0 aromatic carbocycles. The molecule has 0 amide bonds. The molecule has 4 saturated carbocycles. The molecule has 2 nitrogen and oxygen atoms in total. The molecule has 0 aromatic rings. The van der Waals surface area contributed by atoms with E-state index in [0.29, 0.717) is 11.8 Å². The lowest BCUT2D eigenvalue weighted by Crippen LogP contribution is -2.59. The van der Waals surface area contributed by atoms with Crippen LogP contribution in [0.5, 0.6) is 0 Å². The minimum absolute atomic E-state index is 0.00461. The van der Waals surface area contributed by atoms with Crippen LogP contribution in [0, 0.1) is 34.5 Å². The molecule has 0 unspecified atom stereocenters. The van der Waals surface area contributed by atoms with Gasteiger partial charge in [-0.05, 0) is 82.0 Å². The molecule has 21 heavy (non-hydrogen) atoms. The molecule has 2 heteroatoms. The third-order valence-electron chi connectivity index (χ3n) is 7.46. The molecule has 4 bridgehead atoms. The predicted octanol–water partition coefficient (Wildman–Crippen LogP) is 4.82. The Morgan fingerprint density at radius 3 is 1.71 bits per heavy atom. The second-order valence-electron chi connectivity index (χ2n) is 9.75. The Hall–Kier alpha value is -0.530. The summed E-state index contributed by atoms with van der Waals surface area (Å²) in [6, 6.07) is 0. The van der Waals surface area contributed by atoms with Crippen molar-refractivity contribution >= 4 is 5.97 Å². The first-order valence-electron chi connectivity index (χ1n) is 8.77. The third-order valence-corrected chi connectivity index (χ3v) is 7.46. The molecular formula is C19H32O2. The van der Waals surface area contributed by atoms with Crippen molar-refractivity contribution in [1.82, 2.24) is 0 Å². The number of carbonyl (C=O) groups is 1. The number of esters is 1. The highest BCUT2D eigenvalue weighted by molar-refractivity contribution is 5.77. The molecule has 0 heterocycles. The fraction of sp³-hybridized carbons (Fsp3) is 0.947. The Morgan fingerprint density at radius 1 is 0.905 bits per heavy atom. The summed E-state index contributed by atoms with van der Waals surface area (Å²) in [5, 5.41) is 0. The molecule has 0 atom stereocenters. The molecule has 4 aliphatic carbocycles. The average Bonchev–Trinajstić information content (AvgIpc) is 2.33. The van der Waals surface area contributed by atoms with E-state index in [-0.39, 0.29) is 17.0 Å². The third kappa shape index (κ3) is 2.24. The lowest BCUT2D eigenvalue weighted by Gasteiger charge is -2.59. The van der Waals surface area contributed by atoms with E-state index in [0.717, 1.165) is 11.8 Å². The SMILES string of the molecule is CC1(OC(=O)C(C)(C)C(C)(C)C)C2CC3CC(C2)CC1C3. The van der Waals surface area contributed by atoms with Gasteiger partial charge in [-0.25, -0.2) is 0 Å². The number of ether oxygens (including phenoxy) is 1. The van der Waals surface area contributed by atoms with Gasteiger partial charge in [0.05, 0.1) is 5.41 Å². The molecule has 0 N–H and O–H groups in total. The summed E-state index contributed by atoms with van der Waals surface area (Å²) in [5.74, 6) is 3.04. The van der Waals surface area contributed by atoms with Gasteiger partial charge in [-0.3, -0.25) is 4.79 Å². The summed E-state index contributed by atoms with van der Waals surface area (Å²) in [6.45, 7) is 12.7. The van der Waals surface area contributed by atoms with Crippen molar-refractivity contribution in [2.45, 2.75) is 79.2 Å².